The Morgan fingerprint density at radius 1 is 1.00 bits per heavy atom. The number of aryl methyl sites for hydroxylation is 3. The van der Waals surface area contributed by atoms with Crippen LogP contribution in [0.5, 0.6) is 0 Å². The smallest absolute Gasteiger partial charge is 0.248 e. The first-order valence-corrected chi connectivity index (χ1v) is 4.69. The Hall–Kier alpha value is -1.57. The van der Waals surface area contributed by atoms with E-state index in [0.717, 1.165) is 16.5 Å². The maximum atomic E-state index is 11.2. The molecule has 2 heteroatoms. The first-order valence-electron chi connectivity index (χ1n) is 4.69. The lowest BCUT2D eigenvalue weighted by atomic mass is 10.0. The second kappa shape index (κ2) is 2.98. The normalized spacial score (nSPS) is 10.8. The number of benzene rings is 1. The van der Waals surface area contributed by atoms with Gasteiger partial charge in [-0.1, -0.05) is 6.07 Å². The molecule has 0 unspecified atom stereocenters. The van der Waals surface area contributed by atoms with Crippen LogP contribution in [0.2, 0.25) is 0 Å². The minimum Gasteiger partial charge on any atom is -0.326 e. The highest BCUT2D eigenvalue weighted by Gasteiger charge is 2.01. The van der Waals surface area contributed by atoms with Gasteiger partial charge in [-0.05, 0) is 43.4 Å². The van der Waals surface area contributed by atoms with E-state index in [4.69, 9.17) is 0 Å². The van der Waals surface area contributed by atoms with Crippen molar-refractivity contribution in [3.05, 3.63) is 45.4 Å². The number of pyridine rings is 1. The highest BCUT2D eigenvalue weighted by molar-refractivity contribution is 5.85. The summed E-state index contributed by atoms with van der Waals surface area (Å²) in [5.74, 6) is 0. The van der Waals surface area contributed by atoms with E-state index in [2.05, 4.69) is 31.0 Å². The molecule has 0 aliphatic heterocycles. The monoisotopic (exact) mass is 187 g/mol. The second-order valence-corrected chi connectivity index (χ2v) is 3.78. The standard InChI is InChI=1S/C12H13NO/c1-7-4-10-6-12(14)13-9(3)11(10)5-8(7)2/h4-6H,1-3H3,(H,13,14). The zero-order chi connectivity index (χ0) is 10.3. The predicted octanol–water partition coefficient (Wildman–Crippen LogP) is 2.45. The van der Waals surface area contributed by atoms with E-state index >= 15 is 0 Å². The molecule has 1 N–H and O–H groups in total. The van der Waals surface area contributed by atoms with Gasteiger partial charge in [-0.3, -0.25) is 4.79 Å². The summed E-state index contributed by atoms with van der Waals surface area (Å²) < 4.78 is 0. The van der Waals surface area contributed by atoms with Crippen LogP contribution >= 0.6 is 0 Å². The van der Waals surface area contributed by atoms with Crippen LogP contribution in [-0.2, 0) is 0 Å². The molecule has 0 fully saturated rings. The minimum absolute atomic E-state index is 0.0294. The number of aromatic nitrogens is 1. The molecule has 1 heterocycles. The average Bonchev–Trinajstić information content (AvgIpc) is 2.08. The molecule has 1 aromatic heterocycles. The fraction of sp³-hybridized carbons (Fsp3) is 0.250. The fourth-order valence-electron chi connectivity index (χ4n) is 1.71. The highest BCUT2D eigenvalue weighted by Crippen LogP contribution is 2.19. The summed E-state index contributed by atoms with van der Waals surface area (Å²) in [6.07, 6.45) is 0. The second-order valence-electron chi connectivity index (χ2n) is 3.78. The van der Waals surface area contributed by atoms with Crippen molar-refractivity contribution in [3.63, 3.8) is 0 Å². The number of H-pyrrole nitrogens is 1. The molecule has 2 nitrogen and oxygen atoms in total. The van der Waals surface area contributed by atoms with Crippen LogP contribution in [0, 0.1) is 20.8 Å². The van der Waals surface area contributed by atoms with Gasteiger partial charge < -0.3 is 4.98 Å². The van der Waals surface area contributed by atoms with E-state index in [9.17, 15) is 4.79 Å². The molecule has 0 amide bonds. The van der Waals surface area contributed by atoms with Crippen molar-refractivity contribution >= 4 is 10.8 Å². The maximum Gasteiger partial charge on any atom is 0.248 e. The van der Waals surface area contributed by atoms with Gasteiger partial charge in [0.15, 0.2) is 0 Å². The van der Waals surface area contributed by atoms with Crippen LogP contribution < -0.4 is 5.56 Å². The first-order chi connectivity index (χ1) is 6.58. The molecular weight excluding hydrogens is 174 g/mol. The third-order valence-corrected chi connectivity index (χ3v) is 2.67. The Morgan fingerprint density at radius 2 is 1.64 bits per heavy atom. The lowest BCUT2D eigenvalue weighted by molar-refractivity contribution is 1.17. The van der Waals surface area contributed by atoms with Gasteiger partial charge in [0.2, 0.25) is 5.56 Å². The van der Waals surface area contributed by atoms with Crippen molar-refractivity contribution < 1.29 is 0 Å². The quantitative estimate of drug-likeness (QED) is 0.675. The highest BCUT2D eigenvalue weighted by atomic mass is 16.1. The van der Waals surface area contributed by atoms with Crippen LogP contribution in [0.25, 0.3) is 10.8 Å². The zero-order valence-electron chi connectivity index (χ0n) is 8.64. The van der Waals surface area contributed by atoms with Crippen LogP contribution in [0.3, 0.4) is 0 Å². The molecule has 0 spiro atoms. The van der Waals surface area contributed by atoms with Gasteiger partial charge in [0.1, 0.15) is 0 Å². The Bertz CT molecular complexity index is 552. The molecule has 72 valence electrons. The average molecular weight is 187 g/mol. The number of nitrogens with one attached hydrogen (secondary N) is 1. The van der Waals surface area contributed by atoms with Crippen molar-refractivity contribution in [1.29, 1.82) is 0 Å². The van der Waals surface area contributed by atoms with Crippen molar-refractivity contribution in [2.45, 2.75) is 20.8 Å². The molecule has 2 rings (SSSR count). The molecule has 0 aliphatic rings. The molecule has 1 aromatic carbocycles. The Labute approximate surface area is 82.6 Å². The third kappa shape index (κ3) is 1.33. The van der Waals surface area contributed by atoms with Gasteiger partial charge in [-0.15, -0.1) is 0 Å². The Balaban J connectivity index is 2.96. The number of rotatable bonds is 0. The molecule has 14 heavy (non-hydrogen) atoms. The molecule has 2 aromatic rings. The summed E-state index contributed by atoms with van der Waals surface area (Å²) in [6.45, 7) is 6.07. The number of aromatic amines is 1. The Kier molecular flexibility index (Phi) is 1.92. The summed E-state index contributed by atoms with van der Waals surface area (Å²) in [5.41, 5.74) is 3.39. The lowest BCUT2D eigenvalue weighted by Crippen LogP contribution is -2.05. The van der Waals surface area contributed by atoms with Gasteiger partial charge in [-0.2, -0.15) is 0 Å². The third-order valence-electron chi connectivity index (χ3n) is 2.67. The first kappa shape index (κ1) is 9.00. The van der Waals surface area contributed by atoms with Crippen LogP contribution in [-0.4, -0.2) is 4.98 Å². The van der Waals surface area contributed by atoms with Crippen LogP contribution in [0.1, 0.15) is 16.8 Å². The zero-order valence-corrected chi connectivity index (χ0v) is 8.64. The summed E-state index contributed by atoms with van der Waals surface area (Å²) in [4.78, 5) is 14.0. The predicted molar refractivity (Wildman–Crippen MR) is 58.8 cm³/mol. The van der Waals surface area contributed by atoms with Crippen LogP contribution in [0.15, 0.2) is 23.0 Å². The number of hydrogen-bond donors (Lipinski definition) is 1. The SMILES string of the molecule is Cc1cc2cc(=O)[nH]c(C)c2cc1C. The van der Waals surface area contributed by atoms with Gasteiger partial charge >= 0.3 is 0 Å². The van der Waals surface area contributed by atoms with Crippen molar-refractivity contribution in [2.24, 2.45) is 0 Å². The maximum absolute atomic E-state index is 11.2. The summed E-state index contributed by atoms with van der Waals surface area (Å²) in [6, 6.07) is 5.83. The molecule has 0 bridgehead atoms. The van der Waals surface area contributed by atoms with E-state index in [0.29, 0.717) is 0 Å². The fourth-order valence-corrected chi connectivity index (χ4v) is 1.71. The van der Waals surface area contributed by atoms with E-state index < -0.39 is 0 Å². The summed E-state index contributed by atoms with van der Waals surface area (Å²) in [7, 11) is 0. The molecule has 0 aliphatic carbocycles. The number of hydrogen-bond acceptors (Lipinski definition) is 1. The van der Waals surface area contributed by atoms with E-state index in [1.165, 1.54) is 11.1 Å². The van der Waals surface area contributed by atoms with Gasteiger partial charge in [0.25, 0.3) is 0 Å². The number of fused-ring (bicyclic) bond motifs is 1. The van der Waals surface area contributed by atoms with Crippen molar-refractivity contribution in [3.8, 4) is 0 Å². The van der Waals surface area contributed by atoms with E-state index in [1.807, 2.05) is 6.92 Å². The largest absolute Gasteiger partial charge is 0.326 e. The minimum atomic E-state index is -0.0294. The van der Waals surface area contributed by atoms with Gasteiger partial charge in [-0.25, -0.2) is 0 Å². The lowest BCUT2D eigenvalue weighted by Gasteiger charge is -2.05. The van der Waals surface area contributed by atoms with Gasteiger partial charge in [0.05, 0.1) is 0 Å². The van der Waals surface area contributed by atoms with E-state index in [1.54, 1.807) is 6.07 Å². The van der Waals surface area contributed by atoms with Crippen molar-refractivity contribution in [1.82, 2.24) is 4.98 Å². The van der Waals surface area contributed by atoms with E-state index in [-0.39, 0.29) is 5.56 Å². The molecule has 0 saturated heterocycles. The Morgan fingerprint density at radius 3 is 2.36 bits per heavy atom. The molecule has 0 radical (unpaired) electrons. The molecule has 0 atom stereocenters. The molecular formula is C12H13NO. The van der Waals surface area contributed by atoms with Crippen LogP contribution in [0.4, 0.5) is 0 Å². The van der Waals surface area contributed by atoms with Gasteiger partial charge in [0, 0.05) is 17.1 Å². The topological polar surface area (TPSA) is 32.9 Å². The molecule has 0 saturated carbocycles. The summed E-state index contributed by atoms with van der Waals surface area (Å²) in [5, 5.41) is 2.15. The van der Waals surface area contributed by atoms with Crippen molar-refractivity contribution in [2.75, 3.05) is 0 Å². The summed E-state index contributed by atoms with van der Waals surface area (Å²) >= 11 is 0.